The number of alkyl halides is 2. The van der Waals surface area contributed by atoms with Crippen LogP contribution in [-0.2, 0) is 0 Å². The molecule has 0 N–H and O–H groups in total. The number of pyridine rings is 1. The van der Waals surface area contributed by atoms with Gasteiger partial charge in [-0.3, -0.25) is 0 Å². The lowest BCUT2D eigenvalue weighted by molar-refractivity contribution is 0.0795. The molecule has 1 aromatic rings. The third-order valence-corrected chi connectivity index (χ3v) is 1.75. The van der Waals surface area contributed by atoms with Crippen molar-refractivity contribution in [2.75, 3.05) is 6.61 Å². The van der Waals surface area contributed by atoms with Crippen LogP contribution in [0.3, 0.4) is 0 Å². The van der Waals surface area contributed by atoms with Gasteiger partial charge in [0.2, 0.25) is 5.88 Å². The number of hydrogen-bond acceptors (Lipinski definition) is 2. The zero-order chi connectivity index (χ0) is 9.84. The first-order valence-corrected chi connectivity index (χ1v) is 4.11. The molecule has 1 aromatic heterocycles. The Morgan fingerprint density at radius 1 is 1.54 bits per heavy atom. The molecule has 0 amide bonds. The van der Waals surface area contributed by atoms with Crippen LogP contribution >= 0.6 is 15.9 Å². The summed E-state index contributed by atoms with van der Waals surface area (Å²) in [6.07, 6.45) is -1.67. The van der Waals surface area contributed by atoms with Crippen LogP contribution in [0.15, 0.2) is 16.7 Å². The Bertz CT molecular complexity index is 295. The number of ether oxygens (including phenoxy) is 1. The smallest absolute Gasteiger partial charge is 0.272 e. The minimum absolute atomic E-state index is 0.0337. The maximum Gasteiger partial charge on any atom is 0.272 e. The van der Waals surface area contributed by atoms with Gasteiger partial charge in [-0.25, -0.2) is 18.2 Å². The maximum absolute atomic E-state index is 12.6. The number of rotatable bonds is 3. The predicted molar refractivity (Wildman–Crippen MR) is 43.4 cm³/mol. The molecule has 0 aliphatic rings. The molecule has 1 rings (SSSR count). The molecule has 0 aliphatic carbocycles. The van der Waals surface area contributed by atoms with E-state index in [1.54, 1.807) is 0 Å². The van der Waals surface area contributed by atoms with Gasteiger partial charge in [-0.1, -0.05) is 0 Å². The largest absolute Gasteiger partial charge is 0.472 e. The van der Waals surface area contributed by atoms with Crippen molar-refractivity contribution >= 4 is 15.9 Å². The van der Waals surface area contributed by atoms with Crippen LogP contribution in [0.5, 0.6) is 5.88 Å². The SMILES string of the molecule is Fc1cnc(OCC(F)F)cc1Br. The van der Waals surface area contributed by atoms with Gasteiger partial charge in [-0.15, -0.1) is 0 Å². The summed E-state index contributed by atoms with van der Waals surface area (Å²) < 4.78 is 40.6. The van der Waals surface area contributed by atoms with Gasteiger partial charge in [0.15, 0.2) is 12.4 Å². The van der Waals surface area contributed by atoms with Crippen LogP contribution in [0.4, 0.5) is 13.2 Å². The average molecular weight is 256 g/mol. The first-order chi connectivity index (χ1) is 6.09. The zero-order valence-electron chi connectivity index (χ0n) is 6.31. The second kappa shape index (κ2) is 4.45. The van der Waals surface area contributed by atoms with Crippen LogP contribution in [0.1, 0.15) is 0 Å². The topological polar surface area (TPSA) is 22.1 Å². The Kier molecular flexibility index (Phi) is 3.53. The van der Waals surface area contributed by atoms with E-state index in [9.17, 15) is 13.2 Å². The van der Waals surface area contributed by atoms with Crippen molar-refractivity contribution in [3.05, 3.63) is 22.6 Å². The summed E-state index contributed by atoms with van der Waals surface area (Å²) in [6.45, 7) is -0.745. The molecule has 0 unspecified atom stereocenters. The highest BCUT2D eigenvalue weighted by molar-refractivity contribution is 9.10. The van der Waals surface area contributed by atoms with E-state index in [2.05, 4.69) is 25.7 Å². The van der Waals surface area contributed by atoms with Gasteiger partial charge < -0.3 is 4.74 Å². The highest BCUT2D eigenvalue weighted by Crippen LogP contribution is 2.19. The van der Waals surface area contributed by atoms with Crippen molar-refractivity contribution in [2.24, 2.45) is 0 Å². The molecule has 0 atom stereocenters. The van der Waals surface area contributed by atoms with Crippen molar-refractivity contribution < 1.29 is 17.9 Å². The zero-order valence-corrected chi connectivity index (χ0v) is 7.89. The van der Waals surface area contributed by atoms with Gasteiger partial charge in [-0.05, 0) is 15.9 Å². The summed E-state index contributed by atoms with van der Waals surface area (Å²) in [5.41, 5.74) is 0. The Labute approximate surface area is 80.9 Å². The second-order valence-electron chi connectivity index (χ2n) is 2.14. The van der Waals surface area contributed by atoms with Crippen molar-refractivity contribution in [1.29, 1.82) is 0 Å². The van der Waals surface area contributed by atoms with Crippen LogP contribution in [0.25, 0.3) is 0 Å². The molecule has 0 fully saturated rings. The molecule has 72 valence electrons. The highest BCUT2D eigenvalue weighted by atomic mass is 79.9. The van der Waals surface area contributed by atoms with Crippen molar-refractivity contribution in [2.45, 2.75) is 6.43 Å². The summed E-state index contributed by atoms with van der Waals surface area (Å²) in [5.74, 6) is -0.599. The molecular weight excluding hydrogens is 251 g/mol. The van der Waals surface area contributed by atoms with Gasteiger partial charge >= 0.3 is 0 Å². The van der Waals surface area contributed by atoms with Crippen LogP contribution < -0.4 is 4.74 Å². The van der Waals surface area contributed by atoms with Crippen molar-refractivity contribution in [1.82, 2.24) is 4.98 Å². The van der Waals surface area contributed by atoms with Gasteiger partial charge in [0.05, 0.1) is 10.7 Å². The van der Waals surface area contributed by atoms with E-state index in [4.69, 9.17) is 0 Å². The summed E-state index contributed by atoms with van der Waals surface area (Å²) >= 11 is 2.87. The fourth-order valence-electron chi connectivity index (χ4n) is 0.624. The summed E-state index contributed by atoms with van der Waals surface area (Å²) in [7, 11) is 0. The number of aromatic nitrogens is 1. The molecule has 1 heterocycles. The third-order valence-electron chi connectivity index (χ3n) is 1.14. The van der Waals surface area contributed by atoms with E-state index >= 15 is 0 Å². The summed E-state index contributed by atoms with van der Waals surface area (Å²) in [6, 6.07) is 1.19. The van der Waals surface area contributed by atoms with E-state index in [0.29, 0.717) is 0 Å². The molecule has 2 nitrogen and oxygen atoms in total. The molecule has 6 heteroatoms. The monoisotopic (exact) mass is 255 g/mol. The molecular formula is C7H5BrF3NO. The van der Waals surface area contributed by atoms with Gasteiger partial charge in [0.1, 0.15) is 0 Å². The molecule has 0 saturated heterocycles. The quantitative estimate of drug-likeness (QED) is 0.829. The number of halogens is 4. The standard InChI is InChI=1S/C7H5BrF3NO/c8-4-1-7(12-2-5(4)9)13-3-6(10)11/h1-2,6H,3H2. The van der Waals surface area contributed by atoms with Gasteiger partial charge in [-0.2, -0.15) is 0 Å². The third kappa shape index (κ3) is 3.22. The van der Waals surface area contributed by atoms with E-state index in [1.807, 2.05) is 0 Å². The molecule has 13 heavy (non-hydrogen) atoms. The van der Waals surface area contributed by atoms with E-state index in [-0.39, 0.29) is 10.4 Å². The summed E-state index contributed by atoms with van der Waals surface area (Å²) in [5, 5.41) is 0. The van der Waals surface area contributed by atoms with E-state index in [1.165, 1.54) is 6.07 Å². The van der Waals surface area contributed by atoms with Crippen molar-refractivity contribution in [3.8, 4) is 5.88 Å². The molecule has 0 saturated carbocycles. The Morgan fingerprint density at radius 2 is 2.23 bits per heavy atom. The van der Waals surface area contributed by atoms with Gasteiger partial charge in [0, 0.05) is 6.07 Å². The molecule has 0 radical (unpaired) electrons. The van der Waals surface area contributed by atoms with Crippen LogP contribution in [0.2, 0.25) is 0 Å². The fourth-order valence-corrected chi connectivity index (χ4v) is 0.922. The molecule has 0 aromatic carbocycles. The lowest BCUT2D eigenvalue weighted by Gasteiger charge is -2.04. The number of nitrogens with zero attached hydrogens (tertiary/aromatic N) is 1. The van der Waals surface area contributed by atoms with Crippen LogP contribution in [-0.4, -0.2) is 18.0 Å². The number of hydrogen-bond donors (Lipinski definition) is 0. The molecule has 0 bridgehead atoms. The van der Waals surface area contributed by atoms with E-state index < -0.39 is 18.8 Å². The summed E-state index contributed by atoms with van der Waals surface area (Å²) in [4.78, 5) is 3.45. The van der Waals surface area contributed by atoms with Gasteiger partial charge in [0.25, 0.3) is 6.43 Å². The Morgan fingerprint density at radius 3 is 2.77 bits per heavy atom. The first-order valence-electron chi connectivity index (χ1n) is 3.31. The molecule has 0 aliphatic heterocycles. The Balaban J connectivity index is 2.63. The fraction of sp³-hybridized carbons (Fsp3) is 0.286. The lowest BCUT2D eigenvalue weighted by Crippen LogP contribution is -2.07. The van der Waals surface area contributed by atoms with Crippen LogP contribution in [0, 0.1) is 5.82 Å². The maximum atomic E-state index is 12.6. The van der Waals surface area contributed by atoms with Crippen molar-refractivity contribution in [3.63, 3.8) is 0 Å². The second-order valence-corrected chi connectivity index (χ2v) is 2.99. The average Bonchev–Trinajstić information content (AvgIpc) is 2.07. The van der Waals surface area contributed by atoms with E-state index in [0.717, 1.165) is 6.20 Å². The minimum Gasteiger partial charge on any atom is -0.472 e. The highest BCUT2D eigenvalue weighted by Gasteiger charge is 2.06. The Hall–Kier alpha value is -0.780. The minimum atomic E-state index is -2.56. The normalized spacial score (nSPS) is 10.5. The predicted octanol–water partition coefficient (Wildman–Crippen LogP) is 2.63. The molecule has 0 spiro atoms. The lowest BCUT2D eigenvalue weighted by atomic mass is 10.5. The first kappa shape index (κ1) is 10.3.